The van der Waals surface area contributed by atoms with E-state index >= 15 is 0 Å². The van der Waals surface area contributed by atoms with Gasteiger partial charge in [0.25, 0.3) is 0 Å². The fraction of sp³-hybridized carbons (Fsp3) is 0.185. The molecule has 37 heavy (non-hydrogen) atoms. The van der Waals surface area contributed by atoms with Crippen LogP contribution in [0.4, 0.5) is 5.69 Å². The van der Waals surface area contributed by atoms with Crippen LogP contribution >= 0.6 is 11.6 Å². The fourth-order valence-corrected chi connectivity index (χ4v) is 4.63. The van der Waals surface area contributed by atoms with Crippen LogP contribution in [0.2, 0.25) is 0 Å². The number of aromatic nitrogens is 7. The van der Waals surface area contributed by atoms with Crippen LogP contribution in [-0.2, 0) is 4.79 Å². The molecule has 10 heteroatoms. The molecule has 6 rings (SSSR count). The number of carbonyl (C=O) groups excluding carboxylic acids is 1. The lowest BCUT2D eigenvalue weighted by Gasteiger charge is -2.15. The topological polar surface area (TPSA) is 125 Å². The van der Waals surface area contributed by atoms with Crippen LogP contribution in [-0.4, -0.2) is 41.0 Å². The molecular formula is C27H23ClN8O. The third kappa shape index (κ3) is 4.38. The van der Waals surface area contributed by atoms with E-state index in [1.807, 2.05) is 44.3 Å². The summed E-state index contributed by atoms with van der Waals surface area (Å²) in [6.45, 7) is 3.69. The van der Waals surface area contributed by atoms with Gasteiger partial charge in [-0.05, 0) is 24.6 Å². The van der Waals surface area contributed by atoms with Crippen LogP contribution < -0.4 is 5.32 Å². The molecule has 1 unspecified atom stereocenters. The molecule has 0 aliphatic heterocycles. The Labute approximate surface area is 217 Å². The summed E-state index contributed by atoms with van der Waals surface area (Å²) in [5, 5.41) is 12.0. The Hall–Kier alpha value is -4.37. The molecule has 5 aromatic rings. The van der Waals surface area contributed by atoms with E-state index in [2.05, 4.69) is 41.5 Å². The lowest BCUT2D eigenvalue weighted by atomic mass is 9.93. The lowest BCUT2D eigenvalue weighted by molar-refractivity contribution is -0.118. The lowest BCUT2D eigenvalue weighted by Crippen LogP contribution is -2.17. The first-order chi connectivity index (χ1) is 18.0. The second-order valence-corrected chi connectivity index (χ2v) is 9.80. The molecule has 0 bridgehead atoms. The minimum Gasteiger partial charge on any atom is -0.335 e. The highest BCUT2D eigenvalue weighted by molar-refractivity contribution is 6.29. The second kappa shape index (κ2) is 9.25. The van der Waals surface area contributed by atoms with Gasteiger partial charge in [-0.15, -0.1) is 0 Å². The maximum absolute atomic E-state index is 12.1. The van der Waals surface area contributed by atoms with Crippen molar-refractivity contribution in [3.8, 4) is 22.6 Å². The molecule has 0 aromatic carbocycles. The summed E-state index contributed by atoms with van der Waals surface area (Å²) in [6.07, 6.45) is 15.4. The Kier molecular flexibility index (Phi) is 5.77. The Morgan fingerprint density at radius 2 is 1.95 bits per heavy atom. The Morgan fingerprint density at radius 3 is 2.78 bits per heavy atom. The van der Waals surface area contributed by atoms with Crippen molar-refractivity contribution in [2.75, 3.05) is 5.32 Å². The van der Waals surface area contributed by atoms with Crippen molar-refractivity contribution >= 4 is 45.3 Å². The van der Waals surface area contributed by atoms with Crippen LogP contribution in [0.15, 0.2) is 66.4 Å². The number of imidazole rings is 1. The molecule has 3 N–H and O–H groups in total. The van der Waals surface area contributed by atoms with Crippen LogP contribution in [0, 0.1) is 5.92 Å². The molecule has 184 valence electrons. The molecule has 1 aliphatic rings. The van der Waals surface area contributed by atoms with Gasteiger partial charge in [0, 0.05) is 52.1 Å². The quantitative estimate of drug-likeness (QED) is 0.278. The van der Waals surface area contributed by atoms with Crippen molar-refractivity contribution in [1.82, 2.24) is 35.1 Å². The monoisotopic (exact) mass is 510 g/mol. The van der Waals surface area contributed by atoms with Gasteiger partial charge in [0.05, 0.1) is 34.5 Å². The summed E-state index contributed by atoms with van der Waals surface area (Å²) in [6, 6.07) is 3.87. The first-order valence-corrected chi connectivity index (χ1v) is 12.3. The number of aromatic amines is 2. The van der Waals surface area contributed by atoms with Crippen LogP contribution in [0.5, 0.6) is 0 Å². The van der Waals surface area contributed by atoms with Gasteiger partial charge in [0.15, 0.2) is 11.5 Å². The van der Waals surface area contributed by atoms with Crippen LogP contribution in [0.1, 0.15) is 31.7 Å². The van der Waals surface area contributed by atoms with E-state index in [4.69, 9.17) is 16.6 Å². The van der Waals surface area contributed by atoms with E-state index in [0.717, 1.165) is 43.8 Å². The summed E-state index contributed by atoms with van der Waals surface area (Å²) in [5.74, 6) is 0.554. The fourth-order valence-electron chi connectivity index (χ4n) is 4.39. The molecule has 1 atom stereocenters. The molecule has 0 radical (unpaired) electrons. The number of hydrogen-bond donors (Lipinski definition) is 3. The van der Waals surface area contributed by atoms with Gasteiger partial charge in [0.2, 0.25) is 5.91 Å². The molecule has 0 spiro atoms. The van der Waals surface area contributed by atoms with Crippen molar-refractivity contribution in [2.24, 2.45) is 5.92 Å². The molecule has 1 amide bonds. The largest absolute Gasteiger partial charge is 0.335 e. The number of fused-ring (bicyclic) bond motifs is 2. The standard InChI is InChI=1S/C27H23ClN8O/c1-14(2)27(37)32-19-7-16(9-29-11-19)17-8-20-24(35-36-25(20)31-10-17)26-33-22-13-30-12-21(23(22)34-26)15-4-3-5-18(28)6-15/h3-5,7-15H,6H2,1-2H3,(H,32,37)(H,33,34)(H,31,35,36). The van der Waals surface area contributed by atoms with Crippen molar-refractivity contribution < 1.29 is 4.79 Å². The number of allylic oxidation sites excluding steroid dienone is 4. The first kappa shape index (κ1) is 23.1. The van der Waals surface area contributed by atoms with Gasteiger partial charge in [0.1, 0.15) is 5.69 Å². The zero-order chi connectivity index (χ0) is 25.5. The molecule has 9 nitrogen and oxygen atoms in total. The van der Waals surface area contributed by atoms with Gasteiger partial charge in [-0.2, -0.15) is 5.10 Å². The first-order valence-electron chi connectivity index (χ1n) is 11.9. The number of nitrogens with one attached hydrogen (secondary N) is 3. The number of halogens is 1. The van der Waals surface area contributed by atoms with Gasteiger partial charge in [-0.25, -0.2) is 9.97 Å². The smallest absolute Gasteiger partial charge is 0.226 e. The molecule has 5 heterocycles. The third-order valence-electron chi connectivity index (χ3n) is 6.37. The van der Waals surface area contributed by atoms with E-state index in [-0.39, 0.29) is 17.7 Å². The van der Waals surface area contributed by atoms with E-state index in [9.17, 15) is 4.79 Å². The third-order valence-corrected chi connectivity index (χ3v) is 6.65. The number of carbonyl (C=O) groups is 1. The highest BCUT2D eigenvalue weighted by Crippen LogP contribution is 2.35. The zero-order valence-electron chi connectivity index (χ0n) is 20.2. The zero-order valence-corrected chi connectivity index (χ0v) is 20.9. The average Bonchev–Trinajstić information content (AvgIpc) is 3.52. The summed E-state index contributed by atoms with van der Waals surface area (Å²) < 4.78 is 0. The SMILES string of the molecule is CC(C)C(=O)Nc1cncc(-c2cnc3n[nH]c(-c4nc5c(C6C=CC=C(Cl)C6)cncc5[nH]4)c3c2)c1. The number of hydrogen-bond acceptors (Lipinski definition) is 6. The summed E-state index contributed by atoms with van der Waals surface area (Å²) in [4.78, 5) is 33.7. The summed E-state index contributed by atoms with van der Waals surface area (Å²) >= 11 is 6.29. The van der Waals surface area contributed by atoms with Crippen LogP contribution in [0.3, 0.4) is 0 Å². The van der Waals surface area contributed by atoms with E-state index in [0.29, 0.717) is 23.6 Å². The van der Waals surface area contributed by atoms with Gasteiger partial charge >= 0.3 is 0 Å². The number of H-pyrrole nitrogens is 2. The van der Waals surface area contributed by atoms with Crippen molar-refractivity contribution in [1.29, 1.82) is 0 Å². The predicted molar refractivity (Wildman–Crippen MR) is 144 cm³/mol. The molecule has 1 aliphatic carbocycles. The van der Waals surface area contributed by atoms with E-state index < -0.39 is 0 Å². The summed E-state index contributed by atoms with van der Waals surface area (Å²) in [5.41, 5.74) is 6.28. The van der Waals surface area contributed by atoms with Crippen LogP contribution in [0.25, 0.3) is 44.7 Å². The van der Waals surface area contributed by atoms with E-state index in [1.165, 1.54) is 0 Å². The highest BCUT2D eigenvalue weighted by Gasteiger charge is 2.20. The Balaban J connectivity index is 1.38. The Morgan fingerprint density at radius 1 is 1.11 bits per heavy atom. The number of pyridine rings is 3. The predicted octanol–water partition coefficient (Wildman–Crippen LogP) is 5.72. The molecule has 0 saturated carbocycles. The summed E-state index contributed by atoms with van der Waals surface area (Å²) in [7, 11) is 0. The maximum Gasteiger partial charge on any atom is 0.226 e. The normalized spacial score (nSPS) is 15.5. The number of rotatable bonds is 5. The molecular weight excluding hydrogens is 488 g/mol. The Bertz CT molecular complexity index is 1710. The number of amides is 1. The van der Waals surface area contributed by atoms with Gasteiger partial charge < -0.3 is 10.3 Å². The van der Waals surface area contributed by atoms with Crippen molar-refractivity contribution in [3.05, 3.63) is 71.9 Å². The average molecular weight is 511 g/mol. The van der Waals surface area contributed by atoms with Crippen molar-refractivity contribution in [2.45, 2.75) is 26.2 Å². The minimum atomic E-state index is -0.128. The number of anilines is 1. The second-order valence-electron chi connectivity index (χ2n) is 9.32. The molecule has 0 fully saturated rings. The van der Waals surface area contributed by atoms with Gasteiger partial charge in [-0.1, -0.05) is 37.6 Å². The maximum atomic E-state index is 12.1. The highest BCUT2D eigenvalue weighted by atomic mass is 35.5. The van der Waals surface area contributed by atoms with Gasteiger partial charge in [-0.3, -0.25) is 19.9 Å². The minimum absolute atomic E-state index is 0.0644. The van der Waals surface area contributed by atoms with E-state index in [1.54, 1.807) is 24.8 Å². The molecule has 5 aromatic heterocycles. The molecule has 0 saturated heterocycles. The van der Waals surface area contributed by atoms with Crippen molar-refractivity contribution in [3.63, 3.8) is 0 Å². The number of nitrogens with zero attached hydrogens (tertiary/aromatic N) is 5.